The maximum Gasteiger partial charge on any atom is 0.343 e. The number of benzene rings is 6. The van der Waals surface area contributed by atoms with Crippen molar-refractivity contribution in [3.8, 4) is 46.0 Å². The first-order chi connectivity index (χ1) is 61.8. The van der Waals surface area contributed by atoms with Crippen LogP contribution < -0.4 is 37.9 Å². The number of methoxy groups -OCH3 is 2. The molecule has 8 rings (SSSR count). The molecule has 0 amide bonds. The van der Waals surface area contributed by atoms with Crippen LogP contribution in [0.1, 0.15) is 155 Å². The van der Waals surface area contributed by atoms with Gasteiger partial charge < -0.3 is 85.3 Å². The van der Waals surface area contributed by atoms with E-state index in [1.54, 1.807) is 72.8 Å². The second-order valence-corrected chi connectivity index (χ2v) is 28.2. The Kier molecular flexibility index (Phi) is 43.1. The lowest BCUT2D eigenvalue weighted by molar-refractivity contribution is -0.152. The standard InChI is InChI=1S/2C47H50O17/c1-4-40(48)58-26-7-6-25-57-35-18-14-34(15-19-35)45(53)63-37-20-21-39(38(30-37)47(55)56-3)64-46(54)33-12-10-32(11-13-33)44(52)62-36-16-8-31(9-17-36)24-27-59-42(50)22-23-43(51)61-29-28-60-41(49)5-2;1-4-40(48)58-26-7-6-25-57-35-18-14-34(15-19-35)46(54)64-39-21-20-37(30-38(39)47(55)56-3)63-45(53)33-12-10-32(11-13-33)44(52)62-36-16-8-31(9-17-36)24-27-59-42(50)22-23-43(51)61-29-28-60-41(49)5-2/h2*4-5,8-9,14-21,30,32-33H,1-2,6-7,10-13,22-29H2,3H3. The van der Waals surface area contributed by atoms with Crippen LogP contribution in [0.2, 0.25) is 0 Å². The minimum Gasteiger partial charge on any atom is -0.494 e. The SMILES string of the molecule is C=CC(=O)OCCCCOc1ccc(C(=O)Oc2ccc(OC(=O)C3CCC(C(=O)Oc4ccc(CCOC(=O)CCC(=O)OCCOC(=O)C=C)cc4)CC3)c(C(=O)OC)c2)cc1.C=CC(=O)OCCCCOc1ccc(C(=O)Oc2ccc(OC(=O)C3CCC(C(=O)Oc4ccc(CCOC(=O)CCC(=O)OCCOC(=O)C=C)cc4)CC3)cc2C(=O)OC)cc1. The zero-order valence-electron chi connectivity index (χ0n) is 70.8. The molecule has 0 heterocycles. The van der Waals surface area contributed by atoms with Crippen LogP contribution in [0.25, 0.3) is 0 Å². The van der Waals surface area contributed by atoms with E-state index in [0.29, 0.717) is 126 Å². The van der Waals surface area contributed by atoms with Crippen molar-refractivity contribution in [1.29, 1.82) is 0 Å². The molecule has 0 radical (unpaired) electrons. The van der Waals surface area contributed by atoms with Gasteiger partial charge in [0.2, 0.25) is 0 Å². The highest BCUT2D eigenvalue weighted by atomic mass is 16.6. The summed E-state index contributed by atoms with van der Waals surface area (Å²) >= 11 is 0. The molecule has 0 atom stereocenters. The van der Waals surface area contributed by atoms with Gasteiger partial charge in [-0.15, -0.1) is 0 Å². The number of ether oxygens (including phenoxy) is 18. The van der Waals surface area contributed by atoms with E-state index in [0.717, 1.165) is 49.7 Å². The van der Waals surface area contributed by atoms with Crippen LogP contribution >= 0.6 is 0 Å². The van der Waals surface area contributed by atoms with Gasteiger partial charge in [-0.05, 0) is 197 Å². The van der Waals surface area contributed by atoms with Gasteiger partial charge in [-0.1, -0.05) is 50.6 Å². The van der Waals surface area contributed by atoms with E-state index >= 15 is 0 Å². The number of carbonyl (C=O) groups is 16. The highest BCUT2D eigenvalue weighted by Crippen LogP contribution is 2.36. The summed E-state index contributed by atoms with van der Waals surface area (Å²) < 4.78 is 93.8. The number of unbranched alkanes of at least 4 members (excludes halogenated alkanes) is 2. The van der Waals surface area contributed by atoms with E-state index < -0.39 is 119 Å². The van der Waals surface area contributed by atoms with E-state index in [9.17, 15) is 76.7 Å². The molecular weight excluding hydrogens is 1670 g/mol. The van der Waals surface area contributed by atoms with Gasteiger partial charge in [0.05, 0.1) is 114 Å². The molecule has 0 aromatic heterocycles. The molecule has 0 saturated heterocycles. The van der Waals surface area contributed by atoms with Crippen molar-refractivity contribution in [3.05, 3.63) is 217 Å². The van der Waals surface area contributed by atoms with E-state index in [4.69, 9.17) is 85.3 Å². The van der Waals surface area contributed by atoms with Crippen LogP contribution in [-0.2, 0) is 118 Å². The number of hydrogen-bond donors (Lipinski definition) is 0. The summed E-state index contributed by atoms with van der Waals surface area (Å²) in [6, 6.07) is 33.8. The molecule has 2 aliphatic rings. The smallest absolute Gasteiger partial charge is 0.343 e. The summed E-state index contributed by atoms with van der Waals surface area (Å²) in [6.07, 6.45) is 9.61. The summed E-state index contributed by atoms with van der Waals surface area (Å²) in [5, 5.41) is 0. The summed E-state index contributed by atoms with van der Waals surface area (Å²) in [5.74, 6) is -10.2. The summed E-state index contributed by atoms with van der Waals surface area (Å²) in [7, 11) is 2.32. The summed E-state index contributed by atoms with van der Waals surface area (Å²) in [5.41, 5.74) is 1.76. The van der Waals surface area contributed by atoms with Gasteiger partial charge in [-0.2, -0.15) is 0 Å². The quantitative estimate of drug-likeness (QED) is 0.0113. The highest BCUT2D eigenvalue weighted by Gasteiger charge is 2.35. The fourth-order valence-electron chi connectivity index (χ4n) is 12.2. The predicted molar refractivity (Wildman–Crippen MR) is 448 cm³/mol. The van der Waals surface area contributed by atoms with E-state index in [-0.39, 0.29) is 124 Å². The predicted octanol–water partition coefficient (Wildman–Crippen LogP) is 12.1. The fourth-order valence-corrected chi connectivity index (χ4v) is 12.2. The van der Waals surface area contributed by atoms with Crippen LogP contribution in [0.15, 0.2) is 184 Å². The van der Waals surface area contributed by atoms with E-state index in [1.165, 1.54) is 60.7 Å². The Morgan fingerprint density at radius 1 is 0.281 bits per heavy atom. The lowest BCUT2D eigenvalue weighted by Crippen LogP contribution is -2.30. The minimum absolute atomic E-state index is 0.00968. The topological polar surface area (TPSA) is 439 Å². The molecule has 0 spiro atoms. The van der Waals surface area contributed by atoms with Crippen molar-refractivity contribution < 1.29 is 162 Å². The molecule has 2 saturated carbocycles. The molecule has 34 heteroatoms. The monoisotopic (exact) mass is 1770 g/mol. The Labute approximate surface area is 737 Å². The van der Waals surface area contributed by atoms with Crippen LogP contribution in [0.3, 0.4) is 0 Å². The van der Waals surface area contributed by atoms with Crippen LogP contribution in [-0.4, -0.2) is 176 Å². The van der Waals surface area contributed by atoms with Gasteiger partial charge in [0.1, 0.15) is 83.6 Å². The fraction of sp³-hybridized carbons (Fsp3) is 0.362. The molecule has 128 heavy (non-hydrogen) atoms. The maximum atomic E-state index is 13.2. The van der Waals surface area contributed by atoms with Gasteiger partial charge in [0.25, 0.3) is 0 Å². The van der Waals surface area contributed by atoms with Crippen molar-refractivity contribution >= 4 is 95.5 Å². The third-order valence-corrected chi connectivity index (χ3v) is 19.1. The molecular formula is C94H100O34. The van der Waals surface area contributed by atoms with Gasteiger partial charge in [0.15, 0.2) is 0 Å². The van der Waals surface area contributed by atoms with Crippen molar-refractivity contribution in [1.82, 2.24) is 0 Å². The van der Waals surface area contributed by atoms with Crippen molar-refractivity contribution in [3.63, 3.8) is 0 Å². The van der Waals surface area contributed by atoms with Crippen LogP contribution in [0, 0.1) is 23.7 Å². The van der Waals surface area contributed by atoms with Crippen molar-refractivity contribution in [2.75, 3.05) is 80.3 Å². The largest absolute Gasteiger partial charge is 0.494 e. The Balaban J connectivity index is 0.000000351. The zero-order valence-corrected chi connectivity index (χ0v) is 70.8. The number of esters is 16. The molecule has 2 fully saturated rings. The average molecular weight is 1770 g/mol. The zero-order chi connectivity index (χ0) is 92.5. The molecule has 0 unspecified atom stereocenters. The molecule has 0 bridgehead atoms. The first-order valence-corrected chi connectivity index (χ1v) is 41.0. The molecule has 2 aliphatic carbocycles. The lowest BCUT2D eigenvalue weighted by atomic mass is 9.82. The Morgan fingerprint density at radius 2 is 0.555 bits per heavy atom. The van der Waals surface area contributed by atoms with E-state index in [1.807, 2.05) is 0 Å². The van der Waals surface area contributed by atoms with Gasteiger partial charge >= 0.3 is 95.5 Å². The summed E-state index contributed by atoms with van der Waals surface area (Å²) in [4.78, 5) is 195. The molecule has 34 nitrogen and oxygen atoms in total. The Bertz CT molecular complexity index is 4840. The van der Waals surface area contributed by atoms with Gasteiger partial charge in [0, 0.05) is 37.1 Å². The molecule has 0 N–H and O–H groups in total. The van der Waals surface area contributed by atoms with Crippen molar-refractivity contribution in [2.45, 2.75) is 116 Å². The average Bonchev–Trinajstić information content (AvgIpc) is 0.825. The first-order valence-electron chi connectivity index (χ1n) is 41.0. The molecule has 680 valence electrons. The van der Waals surface area contributed by atoms with Gasteiger partial charge in [-0.25, -0.2) is 38.4 Å². The molecule has 0 aliphatic heterocycles. The third kappa shape index (κ3) is 36.3. The van der Waals surface area contributed by atoms with Crippen LogP contribution in [0.5, 0.6) is 46.0 Å². The summed E-state index contributed by atoms with van der Waals surface area (Å²) in [6.45, 7) is 14.0. The van der Waals surface area contributed by atoms with Crippen LogP contribution in [0.4, 0.5) is 0 Å². The minimum atomic E-state index is -0.823. The molecule has 6 aromatic carbocycles. The number of hydrogen-bond acceptors (Lipinski definition) is 34. The lowest BCUT2D eigenvalue weighted by Gasteiger charge is -2.26. The number of carbonyl (C=O) groups excluding carboxylic acids is 16. The van der Waals surface area contributed by atoms with E-state index in [2.05, 4.69) is 26.3 Å². The second-order valence-electron chi connectivity index (χ2n) is 28.2. The maximum absolute atomic E-state index is 13.2. The number of rotatable bonds is 48. The normalized spacial score (nSPS) is 14.1. The Hall–Kier alpha value is -14.6. The first kappa shape index (κ1) is 100. The highest BCUT2D eigenvalue weighted by molar-refractivity contribution is 5.98. The molecule has 6 aromatic rings. The van der Waals surface area contributed by atoms with Gasteiger partial charge in [-0.3, -0.25) is 38.4 Å². The third-order valence-electron chi connectivity index (χ3n) is 19.1. The Morgan fingerprint density at radius 3 is 0.898 bits per heavy atom. The second kappa shape index (κ2) is 54.9. The van der Waals surface area contributed by atoms with Crippen molar-refractivity contribution in [2.24, 2.45) is 23.7 Å².